The molecule has 0 aromatic heterocycles. The van der Waals surface area contributed by atoms with Crippen LogP contribution in [0.1, 0.15) is 5.56 Å². The molecule has 0 aliphatic carbocycles. The zero-order valence-corrected chi connectivity index (χ0v) is 8.50. The molecular formula is C10H13ClN2O. The van der Waals surface area contributed by atoms with Gasteiger partial charge in [0.1, 0.15) is 0 Å². The third kappa shape index (κ3) is 3.01. The highest BCUT2D eigenvalue weighted by atomic mass is 35.5. The molecule has 0 aliphatic rings. The number of primary amides is 1. The van der Waals surface area contributed by atoms with Crippen LogP contribution in [-0.4, -0.2) is 12.5 Å². The fourth-order valence-corrected chi connectivity index (χ4v) is 1.33. The molecule has 14 heavy (non-hydrogen) atoms. The molecule has 0 aliphatic heterocycles. The number of hydrogen-bond acceptors (Lipinski definition) is 2. The van der Waals surface area contributed by atoms with Crippen LogP contribution in [0.3, 0.4) is 0 Å². The summed E-state index contributed by atoms with van der Waals surface area (Å²) < 4.78 is 0. The van der Waals surface area contributed by atoms with Gasteiger partial charge in [-0.2, -0.15) is 0 Å². The molecule has 3 nitrogen and oxygen atoms in total. The molecule has 0 unspecified atom stereocenters. The Kier molecular flexibility index (Phi) is 3.92. The predicted octanol–water partition coefficient (Wildman–Crippen LogP) is 0.943. The summed E-state index contributed by atoms with van der Waals surface area (Å²) in [5.41, 5.74) is 11.6. The van der Waals surface area contributed by atoms with Crippen LogP contribution in [0.2, 0.25) is 5.02 Å². The molecule has 1 amide bonds. The largest absolute Gasteiger partial charge is 0.369 e. The summed E-state index contributed by atoms with van der Waals surface area (Å²) in [6, 6.07) is 7.30. The van der Waals surface area contributed by atoms with Crippen LogP contribution in [0, 0.1) is 5.92 Å². The SMILES string of the molecule is NC[C@@H](Cc1ccc(Cl)cc1)C(N)=O. The molecule has 4 heteroatoms. The lowest BCUT2D eigenvalue weighted by Gasteiger charge is -2.10. The average molecular weight is 213 g/mol. The Balaban J connectivity index is 2.67. The zero-order chi connectivity index (χ0) is 10.6. The lowest BCUT2D eigenvalue weighted by molar-refractivity contribution is -0.121. The smallest absolute Gasteiger partial charge is 0.222 e. The number of nitrogens with two attached hydrogens (primary N) is 2. The van der Waals surface area contributed by atoms with Gasteiger partial charge in [0.05, 0.1) is 5.92 Å². The Bertz CT molecular complexity index is 310. The van der Waals surface area contributed by atoms with Crippen molar-refractivity contribution >= 4 is 17.5 Å². The van der Waals surface area contributed by atoms with Crippen LogP contribution in [-0.2, 0) is 11.2 Å². The summed E-state index contributed by atoms with van der Waals surface area (Å²) in [6.07, 6.45) is 0.572. The summed E-state index contributed by atoms with van der Waals surface area (Å²) >= 11 is 5.73. The first kappa shape index (κ1) is 11.0. The Morgan fingerprint density at radius 1 is 1.36 bits per heavy atom. The van der Waals surface area contributed by atoms with Gasteiger partial charge >= 0.3 is 0 Å². The van der Waals surface area contributed by atoms with Crippen LogP contribution in [0.4, 0.5) is 0 Å². The second-order valence-corrected chi connectivity index (χ2v) is 3.60. The standard InChI is InChI=1S/C10H13ClN2O/c11-9-3-1-7(2-4-9)5-8(6-12)10(13)14/h1-4,8H,5-6,12H2,(H2,13,14)/t8-/m1/s1. The van der Waals surface area contributed by atoms with Gasteiger partial charge < -0.3 is 11.5 Å². The predicted molar refractivity (Wildman–Crippen MR) is 56.9 cm³/mol. The maximum Gasteiger partial charge on any atom is 0.222 e. The minimum atomic E-state index is -0.359. The van der Waals surface area contributed by atoms with Crippen molar-refractivity contribution in [3.8, 4) is 0 Å². The number of benzene rings is 1. The highest BCUT2D eigenvalue weighted by Crippen LogP contribution is 2.12. The third-order valence-electron chi connectivity index (χ3n) is 2.08. The molecule has 1 atom stereocenters. The molecule has 76 valence electrons. The maximum absolute atomic E-state index is 10.9. The normalized spacial score (nSPS) is 12.4. The molecule has 0 saturated carbocycles. The molecule has 1 aromatic rings. The van der Waals surface area contributed by atoms with Crippen molar-refractivity contribution in [3.63, 3.8) is 0 Å². The fourth-order valence-electron chi connectivity index (χ4n) is 1.21. The number of carbonyl (C=O) groups is 1. The monoisotopic (exact) mass is 212 g/mol. The van der Waals surface area contributed by atoms with Gasteiger partial charge in [-0.25, -0.2) is 0 Å². The third-order valence-corrected chi connectivity index (χ3v) is 2.33. The summed E-state index contributed by atoms with van der Waals surface area (Å²) in [5.74, 6) is -0.654. The van der Waals surface area contributed by atoms with Crippen molar-refractivity contribution in [3.05, 3.63) is 34.9 Å². The van der Waals surface area contributed by atoms with Gasteiger partial charge in [0.2, 0.25) is 5.91 Å². The van der Waals surface area contributed by atoms with Gasteiger partial charge in [-0.05, 0) is 24.1 Å². The number of carbonyl (C=O) groups excluding carboxylic acids is 1. The fraction of sp³-hybridized carbons (Fsp3) is 0.300. The Hall–Kier alpha value is -1.06. The first-order chi connectivity index (χ1) is 6.63. The van der Waals surface area contributed by atoms with Crippen molar-refractivity contribution in [1.29, 1.82) is 0 Å². The van der Waals surface area contributed by atoms with E-state index in [1.807, 2.05) is 12.1 Å². The van der Waals surface area contributed by atoms with Crippen LogP contribution in [0.15, 0.2) is 24.3 Å². The quantitative estimate of drug-likeness (QED) is 0.780. The second kappa shape index (κ2) is 4.98. The average Bonchev–Trinajstić information content (AvgIpc) is 2.16. The van der Waals surface area contributed by atoms with Crippen LogP contribution < -0.4 is 11.5 Å². The van der Waals surface area contributed by atoms with Crippen LogP contribution in [0.25, 0.3) is 0 Å². The number of rotatable bonds is 4. The van der Waals surface area contributed by atoms with Gasteiger partial charge in [0.25, 0.3) is 0 Å². The molecule has 0 saturated heterocycles. The summed E-state index contributed by atoms with van der Waals surface area (Å²) in [7, 11) is 0. The summed E-state index contributed by atoms with van der Waals surface area (Å²) in [4.78, 5) is 10.9. The molecule has 0 spiro atoms. The van der Waals surface area contributed by atoms with Crippen LogP contribution >= 0.6 is 11.6 Å². The molecule has 0 fully saturated rings. The van der Waals surface area contributed by atoms with Crippen molar-refractivity contribution < 1.29 is 4.79 Å². The molecule has 1 rings (SSSR count). The van der Waals surface area contributed by atoms with E-state index in [1.54, 1.807) is 12.1 Å². The van der Waals surface area contributed by atoms with E-state index in [9.17, 15) is 4.79 Å². The molecule has 0 bridgehead atoms. The van der Waals surface area contributed by atoms with Crippen molar-refractivity contribution in [2.24, 2.45) is 17.4 Å². The molecule has 0 radical (unpaired) electrons. The van der Waals surface area contributed by atoms with Crippen LogP contribution in [0.5, 0.6) is 0 Å². The van der Waals surface area contributed by atoms with E-state index >= 15 is 0 Å². The lowest BCUT2D eigenvalue weighted by Crippen LogP contribution is -2.31. The molecule has 4 N–H and O–H groups in total. The highest BCUT2D eigenvalue weighted by molar-refractivity contribution is 6.30. The summed E-state index contributed by atoms with van der Waals surface area (Å²) in [6.45, 7) is 0.276. The Labute approximate surface area is 88.0 Å². The van der Waals surface area contributed by atoms with E-state index < -0.39 is 0 Å². The minimum absolute atomic E-state index is 0.276. The van der Waals surface area contributed by atoms with Gasteiger partial charge in [-0.3, -0.25) is 4.79 Å². The van der Waals surface area contributed by atoms with Crippen molar-refractivity contribution in [2.45, 2.75) is 6.42 Å². The Morgan fingerprint density at radius 2 is 1.93 bits per heavy atom. The van der Waals surface area contributed by atoms with Crippen molar-refractivity contribution in [2.75, 3.05) is 6.54 Å². The first-order valence-corrected chi connectivity index (χ1v) is 4.75. The molecular weight excluding hydrogens is 200 g/mol. The molecule has 0 heterocycles. The lowest BCUT2D eigenvalue weighted by atomic mass is 9.99. The topological polar surface area (TPSA) is 69.1 Å². The Morgan fingerprint density at radius 3 is 2.36 bits per heavy atom. The van der Waals surface area contributed by atoms with Crippen molar-refractivity contribution in [1.82, 2.24) is 0 Å². The minimum Gasteiger partial charge on any atom is -0.369 e. The van der Waals surface area contributed by atoms with E-state index in [1.165, 1.54) is 0 Å². The van der Waals surface area contributed by atoms with E-state index in [0.29, 0.717) is 11.4 Å². The van der Waals surface area contributed by atoms with E-state index in [-0.39, 0.29) is 18.4 Å². The van der Waals surface area contributed by atoms with E-state index in [0.717, 1.165) is 5.56 Å². The number of hydrogen-bond donors (Lipinski definition) is 2. The summed E-state index contributed by atoms with van der Waals surface area (Å²) in [5, 5.41) is 0.678. The maximum atomic E-state index is 10.9. The number of halogens is 1. The van der Waals surface area contributed by atoms with Gasteiger partial charge in [0.15, 0.2) is 0 Å². The van der Waals surface area contributed by atoms with Gasteiger partial charge in [-0.15, -0.1) is 0 Å². The highest BCUT2D eigenvalue weighted by Gasteiger charge is 2.13. The first-order valence-electron chi connectivity index (χ1n) is 4.37. The van der Waals surface area contributed by atoms with Gasteiger partial charge in [0, 0.05) is 11.6 Å². The van der Waals surface area contributed by atoms with E-state index in [4.69, 9.17) is 23.1 Å². The molecule has 1 aromatic carbocycles. The van der Waals surface area contributed by atoms with Gasteiger partial charge in [-0.1, -0.05) is 23.7 Å². The zero-order valence-electron chi connectivity index (χ0n) is 7.74. The second-order valence-electron chi connectivity index (χ2n) is 3.17. The number of amides is 1. The van der Waals surface area contributed by atoms with E-state index in [2.05, 4.69) is 0 Å².